The lowest BCUT2D eigenvalue weighted by molar-refractivity contribution is -0.00865. The van der Waals surface area contributed by atoms with E-state index in [-0.39, 0.29) is 24.3 Å². The number of benzene rings is 1. The van der Waals surface area contributed by atoms with Crippen LogP contribution in [0.4, 0.5) is 4.39 Å². The standard InChI is InChI=1S/C16H19FN2O2/c1-2-21-13-9-12(10-13)19-16(20)14-8-11(4-3-7-18)5-6-15(14)17/h5-6,8,12-13H,2,7,9-10,18H2,1H3,(H,19,20). The Morgan fingerprint density at radius 2 is 2.29 bits per heavy atom. The Kier molecular flexibility index (Phi) is 5.32. The Labute approximate surface area is 123 Å². The van der Waals surface area contributed by atoms with Crippen LogP contribution in [0.15, 0.2) is 18.2 Å². The molecule has 0 spiro atoms. The summed E-state index contributed by atoms with van der Waals surface area (Å²) in [6.45, 7) is 2.83. The van der Waals surface area contributed by atoms with Gasteiger partial charge >= 0.3 is 0 Å². The molecule has 0 radical (unpaired) electrons. The second-order valence-corrected chi connectivity index (χ2v) is 4.92. The van der Waals surface area contributed by atoms with E-state index in [9.17, 15) is 9.18 Å². The molecule has 3 N–H and O–H groups in total. The highest BCUT2D eigenvalue weighted by atomic mass is 19.1. The molecule has 1 aliphatic carbocycles. The lowest BCUT2D eigenvalue weighted by Gasteiger charge is -2.35. The SMILES string of the molecule is CCOC1CC(NC(=O)c2cc(C#CCN)ccc2F)C1. The summed E-state index contributed by atoms with van der Waals surface area (Å²) in [6.07, 6.45) is 1.74. The molecule has 0 aliphatic heterocycles. The molecule has 112 valence electrons. The van der Waals surface area contributed by atoms with Crippen molar-refractivity contribution in [3.05, 3.63) is 35.1 Å². The van der Waals surface area contributed by atoms with Gasteiger partial charge in [-0.3, -0.25) is 4.79 Å². The number of rotatable bonds is 4. The largest absolute Gasteiger partial charge is 0.378 e. The normalized spacial score (nSPS) is 20.1. The van der Waals surface area contributed by atoms with Gasteiger partial charge in [-0.1, -0.05) is 11.8 Å². The van der Waals surface area contributed by atoms with Crippen LogP contribution >= 0.6 is 0 Å². The zero-order valence-corrected chi connectivity index (χ0v) is 12.0. The molecule has 0 unspecified atom stereocenters. The Morgan fingerprint density at radius 3 is 2.95 bits per heavy atom. The van der Waals surface area contributed by atoms with Crippen LogP contribution in [0, 0.1) is 17.7 Å². The summed E-state index contributed by atoms with van der Waals surface area (Å²) in [6, 6.07) is 4.28. The third kappa shape index (κ3) is 4.03. The molecule has 2 rings (SSSR count). The van der Waals surface area contributed by atoms with Gasteiger partial charge in [0.25, 0.3) is 5.91 Å². The van der Waals surface area contributed by atoms with Crippen LogP contribution in [0.2, 0.25) is 0 Å². The van der Waals surface area contributed by atoms with Crippen molar-refractivity contribution in [3.63, 3.8) is 0 Å². The number of carbonyl (C=O) groups is 1. The molecule has 1 aromatic carbocycles. The molecule has 1 saturated carbocycles. The number of halogens is 1. The topological polar surface area (TPSA) is 64.3 Å². The van der Waals surface area contributed by atoms with Crippen LogP contribution in [0.1, 0.15) is 35.7 Å². The van der Waals surface area contributed by atoms with E-state index in [1.165, 1.54) is 18.2 Å². The number of amides is 1. The number of ether oxygens (including phenoxy) is 1. The van der Waals surface area contributed by atoms with Crippen molar-refractivity contribution in [1.82, 2.24) is 5.32 Å². The maximum atomic E-state index is 13.8. The number of hydrogen-bond acceptors (Lipinski definition) is 3. The summed E-state index contributed by atoms with van der Waals surface area (Å²) < 4.78 is 19.2. The zero-order chi connectivity index (χ0) is 15.2. The first-order chi connectivity index (χ1) is 10.1. The average molecular weight is 290 g/mol. The van der Waals surface area contributed by atoms with Crippen molar-refractivity contribution in [1.29, 1.82) is 0 Å². The fraction of sp³-hybridized carbons (Fsp3) is 0.438. The lowest BCUT2D eigenvalue weighted by atomic mass is 9.89. The van der Waals surface area contributed by atoms with Crippen LogP contribution < -0.4 is 11.1 Å². The van der Waals surface area contributed by atoms with Crippen LogP contribution in [0.5, 0.6) is 0 Å². The smallest absolute Gasteiger partial charge is 0.254 e. The quantitative estimate of drug-likeness (QED) is 0.825. The van der Waals surface area contributed by atoms with Crippen LogP contribution in [0.25, 0.3) is 0 Å². The molecule has 1 amide bonds. The van der Waals surface area contributed by atoms with Gasteiger partial charge in [0.1, 0.15) is 5.82 Å². The Balaban J connectivity index is 1.99. The van der Waals surface area contributed by atoms with Gasteiger partial charge in [-0.05, 0) is 38.0 Å². The molecule has 1 aliphatic rings. The minimum Gasteiger partial charge on any atom is -0.378 e. The summed E-state index contributed by atoms with van der Waals surface area (Å²) in [4.78, 5) is 12.1. The number of carbonyl (C=O) groups excluding carboxylic acids is 1. The molecule has 0 atom stereocenters. The maximum Gasteiger partial charge on any atom is 0.254 e. The first kappa shape index (κ1) is 15.5. The van der Waals surface area contributed by atoms with Gasteiger partial charge in [0.05, 0.1) is 18.2 Å². The number of nitrogens with one attached hydrogen (secondary N) is 1. The molecule has 0 heterocycles. The van der Waals surface area contributed by atoms with Crippen LogP contribution in [-0.4, -0.2) is 31.2 Å². The van der Waals surface area contributed by atoms with Crippen LogP contribution in [0.3, 0.4) is 0 Å². The zero-order valence-electron chi connectivity index (χ0n) is 12.0. The van der Waals surface area contributed by atoms with E-state index in [4.69, 9.17) is 10.5 Å². The van der Waals surface area contributed by atoms with E-state index >= 15 is 0 Å². The second-order valence-electron chi connectivity index (χ2n) is 4.92. The molecule has 1 fully saturated rings. The molecule has 1 aromatic rings. The molecule has 0 saturated heterocycles. The highest BCUT2D eigenvalue weighted by Gasteiger charge is 2.31. The third-order valence-corrected chi connectivity index (χ3v) is 3.38. The first-order valence-electron chi connectivity index (χ1n) is 7.05. The van der Waals surface area contributed by atoms with Crippen molar-refractivity contribution >= 4 is 5.91 Å². The molecule has 0 aromatic heterocycles. The van der Waals surface area contributed by atoms with Gasteiger partial charge in [-0.15, -0.1) is 0 Å². The fourth-order valence-electron chi connectivity index (χ4n) is 2.25. The van der Waals surface area contributed by atoms with E-state index < -0.39 is 11.7 Å². The summed E-state index contributed by atoms with van der Waals surface area (Å²) in [5, 5.41) is 2.81. The van der Waals surface area contributed by atoms with Gasteiger partial charge in [-0.2, -0.15) is 0 Å². The predicted octanol–water partition coefficient (Wildman–Crippen LogP) is 1.43. The molecule has 4 nitrogen and oxygen atoms in total. The molecule has 0 bridgehead atoms. The van der Waals surface area contributed by atoms with E-state index in [0.717, 1.165) is 12.8 Å². The minimum absolute atomic E-state index is 0.0127. The van der Waals surface area contributed by atoms with E-state index in [1.807, 2.05) is 6.92 Å². The maximum absolute atomic E-state index is 13.8. The number of nitrogens with two attached hydrogens (primary N) is 1. The average Bonchev–Trinajstić information content (AvgIpc) is 2.44. The van der Waals surface area contributed by atoms with E-state index in [0.29, 0.717) is 12.2 Å². The summed E-state index contributed by atoms with van der Waals surface area (Å²) >= 11 is 0. The van der Waals surface area contributed by atoms with Gasteiger partial charge in [0.2, 0.25) is 0 Å². The minimum atomic E-state index is -0.550. The third-order valence-electron chi connectivity index (χ3n) is 3.38. The van der Waals surface area contributed by atoms with Crippen molar-refractivity contribution < 1.29 is 13.9 Å². The molecular formula is C16H19FN2O2. The van der Waals surface area contributed by atoms with Crippen molar-refractivity contribution in [2.24, 2.45) is 5.73 Å². The predicted molar refractivity (Wildman–Crippen MR) is 78.2 cm³/mol. The van der Waals surface area contributed by atoms with Gasteiger partial charge in [-0.25, -0.2) is 4.39 Å². The van der Waals surface area contributed by atoms with Crippen molar-refractivity contribution in [2.45, 2.75) is 31.9 Å². The van der Waals surface area contributed by atoms with E-state index in [1.54, 1.807) is 0 Å². The van der Waals surface area contributed by atoms with Crippen molar-refractivity contribution in [3.8, 4) is 11.8 Å². The van der Waals surface area contributed by atoms with E-state index in [2.05, 4.69) is 17.2 Å². The van der Waals surface area contributed by atoms with Crippen LogP contribution in [-0.2, 0) is 4.74 Å². The Hall–Kier alpha value is -1.90. The van der Waals surface area contributed by atoms with Gasteiger partial charge < -0.3 is 15.8 Å². The second kappa shape index (κ2) is 7.21. The number of hydrogen-bond donors (Lipinski definition) is 2. The highest BCUT2D eigenvalue weighted by molar-refractivity contribution is 5.95. The van der Waals surface area contributed by atoms with Gasteiger partial charge in [0, 0.05) is 18.2 Å². The summed E-state index contributed by atoms with van der Waals surface area (Å²) in [5.74, 6) is 4.51. The lowest BCUT2D eigenvalue weighted by Crippen LogP contribution is -2.48. The summed E-state index contributed by atoms with van der Waals surface area (Å²) in [7, 11) is 0. The molecular weight excluding hydrogens is 271 g/mol. The molecule has 5 heteroatoms. The fourth-order valence-corrected chi connectivity index (χ4v) is 2.25. The monoisotopic (exact) mass is 290 g/mol. The highest BCUT2D eigenvalue weighted by Crippen LogP contribution is 2.23. The Morgan fingerprint density at radius 1 is 1.52 bits per heavy atom. The Bertz CT molecular complexity index is 571. The molecule has 21 heavy (non-hydrogen) atoms. The first-order valence-corrected chi connectivity index (χ1v) is 7.05. The summed E-state index contributed by atoms with van der Waals surface area (Å²) in [5.41, 5.74) is 5.88. The van der Waals surface area contributed by atoms with Crippen molar-refractivity contribution in [2.75, 3.05) is 13.2 Å². The van der Waals surface area contributed by atoms with Gasteiger partial charge in [0.15, 0.2) is 0 Å².